The molecule has 1 aromatic rings. The molecule has 0 aliphatic heterocycles. The Labute approximate surface area is 151 Å². The summed E-state index contributed by atoms with van der Waals surface area (Å²) in [6.45, 7) is 8.82. The van der Waals surface area contributed by atoms with Gasteiger partial charge in [-0.2, -0.15) is 0 Å². The van der Waals surface area contributed by atoms with Crippen molar-refractivity contribution in [3.63, 3.8) is 0 Å². The molecule has 138 valence electrons. The summed E-state index contributed by atoms with van der Waals surface area (Å²) in [4.78, 5) is 15.8. The highest BCUT2D eigenvalue weighted by Gasteiger charge is 2.28. The molecule has 0 unspecified atom stereocenters. The zero-order valence-corrected chi connectivity index (χ0v) is 16.0. The van der Waals surface area contributed by atoms with Crippen molar-refractivity contribution in [2.45, 2.75) is 45.4 Å². The molecule has 0 heterocycles. The van der Waals surface area contributed by atoms with Crippen molar-refractivity contribution >= 4 is 11.9 Å². The summed E-state index contributed by atoms with van der Waals surface area (Å²) in [5.41, 5.74) is 2.86. The van der Waals surface area contributed by atoms with Gasteiger partial charge in [0, 0.05) is 32.6 Å². The number of guanidine groups is 1. The number of nitrogens with zero attached hydrogens (tertiary/aromatic N) is 1. The zero-order chi connectivity index (χ0) is 18.3. The summed E-state index contributed by atoms with van der Waals surface area (Å²) in [5.74, 6) is 1.22. The second-order valence-electron chi connectivity index (χ2n) is 7.69. The molecule has 1 amide bonds. The number of carbonyl (C=O) groups is 1. The van der Waals surface area contributed by atoms with Gasteiger partial charge in [0.05, 0.1) is 0 Å². The SMILES string of the molecule is CN=C(NCCNC(=O)C1CC1)NCCc1ccc(C(C)(C)C)cc1. The van der Waals surface area contributed by atoms with Gasteiger partial charge >= 0.3 is 0 Å². The molecular formula is C20H32N4O. The number of benzene rings is 1. The Morgan fingerprint density at radius 1 is 1.04 bits per heavy atom. The van der Waals surface area contributed by atoms with Gasteiger partial charge in [-0.1, -0.05) is 45.0 Å². The average Bonchev–Trinajstić information content (AvgIpc) is 3.41. The Morgan fingerprint density at radius 3 is 2.20 bits per heavy atom. The van der Waals surface area contributed by atoms with Gasteiger partial charge in [-0.3, -0.25) is 9.79 Å². The van der Waals surface area contributed by atoms with Crippen molar-refractivity contribution in [2.24, 2.45) is 10.9 Å². The van der Waals surface area contributed by atoms with Gasteiger partial charge in [0.2, 0.25) is 5.91 Å². The lowest BCUT2D eigenvalue weighted by atomic mass is 9.86. The lowest BCUT2D eigenvalue weighted by molar-refractivity contribution is -0.122. The standard InChI is InChI=1S/C20H32N4O/c1-20(2,3)17-9-5-15(6-10-17)11-12-23-19(21-4)24-14-13-22-18(25)16-7-8-16/h5-6,9-10,16H,7-8,11-14H2,1-4H3,(H,22,25)(H2,21,23,24). The van der Waals surface area contributed by atoms with Gasteiger partial charge in [0.25, 0.3) is 0 Å². The Kier molecular flexibility index (Phi) is 6.85. The number of hydrogen-bond donors (Lipinski definition) is 3. The first kappa shape index (κ1) is 19.3. The number of rotatable bonds is 7. The number of hydrogen-bond acceptors (Lipinski definition) is 2. The van der Waals surface area contributed by atoms with E-state index in [-0.39, 0.29) is 17.2 Å². The number of amides is 1. The maximum Gasteiger partial charge on any atom is 0.223 e. The van der Waals surface area contributed by atoms with E-state index in [4.69, 9.17) is 0 Å². The van der Waals surface area contributed by atoms with E-state index in [0.717, 1.165) is 31.8 Å². The summed E-state index contributed by atoms with van der Waals surface area (Å²) >= 11 is 0. The van der Waals surface area contributed by atoms with E-state index in [1.165, 1.54) is 11.1 Å². The Bertz CT molecular complexity index is 583. The molecule has 0 radical (unpaired) electrons. The largest absolute Gasteiger partial charge is 0.356 e. The molecule has 3 N–H and O–H groups in total. The smallest absolute Gasteiger partial charge is 0.223 e. The van der Waals surface area contributed by atoms with Crippen LogP contribution in [0.5, 0.6) is 0 Å². The number of nitrogens with one attached hydrogen (secondary N) is 3. The van der Waals surface area contributed by atoms with Crippen LogP contribution in [-0.4, -0.2) is 38.5 Å². The van der Waals surface area contributed by atoms with E-state index >= 15 is 0 Å². The normalized spacial score (nSPS) is 15.0. The third kappa shape index (κ3) is 6.77. The molecule has 1 aromatic carbocycles. The van der Waals surface area contributed by atoms with Crippen molar-refractivity contribution in [3.05, 3.63) is 35.4 Å². The van der Waals surface area contributed by atoms with E-state index in [1.807, 2.05) is 0 Å². The van der Waals surface area contributed by atoms with Gasteiger partial charge in [0.1, 0.15) is 0 Å². The quantitative estimate of drug-likeness (QED) is 0.404. The zero-order valence-electron chi connectivity index (χ0n) is 16.0. The molecule has 0 spiro atoms. The summed E-state index contributed by atoms with van der Waals surface area (Å²) < 4.78 is 0. The topological polar surface area (TPSA) is 65.5 Å². The predicted octanol–water partition coefficient (Wildman–Crippen LogP) is 2.22. The second-order valence-corrected chi connectivity index (χ2v) is 7.69. The van der Waals surface area contributed by atoms with Crippen LogP contribution in [0.25, 0.3) is 0 Å². The van der Waals surface area contributed by atoms with Crippen molar-refractivity contribution in [1.82, 2.24) is 16.0 Å². The average molecular weight is 345 g/mol. The Morgan fingerprint density at radius 2 is 1.64 bits per heavy atom. The van der Waals surface area contributed by atoms with Gasteiger partial charge in [0.15, 0.2) is 5.96 Å². The van der Waals surface area contributed by atoms with Crippen molar-refractivity contribution < 1.29 is 4.79 Å². The molecule has 25 heavy (non-hydrogen) atoms. The third-order valence-electron chi connectivity index (χ3n) is 4.41. The van der Waals surface area contributed by atoms with E-state index in [2.05, 4.69) is 66.0 Å². The second kappa shape index (κ2) is 8.88. The minimum Gasteiger partial charge on any atom is -0.356 e. The van der Waals surface area contributed by atoms with Gasteiger partial charge in [-0.05, 0) is 35.8 Å². The Hall–Kier alpha value is -2.04. The summed E-state index contributed by atoms with van der Waals surface area (Å²) in [6, 6.07) is 8.83. The fraction of sp³-hybridized carbons (Fsp3) is 0.600. The first-order valence-electron chi connectivity index (χ1n) is 9.22. The molecular weight excluding hydrogens is 312 g/mol. The van der Waals surface area contributed by atoms with Crippen LogP contribution in [0.1, 0.15) is 44.7 Å². The highest BCUT2D eigenvalue weighted by molar-refractivity contribution is 5.81. The fourth-order valence-corrected chi connectivity index (χ4v) is 2.57. The molecule has 0 aromatic heterocycles. The molecule has 1 fully saturated rings. The van der Waals surface area contributed by atoms with Crippen LogP contribution in [0, 0.1) is 5.92 Å². The van der Waals surface area contributed by atoms with Crippen molar-refractivity contribution in [2.75, 3.05) is 26.7 Å². The first-order valence-corrected chi connectivity index (χ1v) is 9.22. The number of aliphatic imine (C=N–C) groups is 1. The lowest BCUT2D eigenvalue weighted by Gasteiger charge is -2.19. The molecule has 0 bridgehead atoms. The van der Waals surface area contributed by atoms with E-state index in [9.17, 15) is 4.79 Å². The molecule has 1 aliphatic rings. The van der Waals surface area contributed by atoms with Gasteiger partial charge < -0.3 is 16.0 Å². The summed E-state index contributed by atoms with van der Waals surface area (Å²) in [7, 11) is 1.76. The highest BCUT2D eigenvalue weighted by Crippen LogP contribution is 2.28. The van der Waals surface area contributed by atoms with Crippen LogP contribution < -0.4 is 16.0 Å². The highest BCUT2D eigenvalue weighted by atomic mass is 16.2. The van der Waals surface area contributed by atoms with E-state index in [1.54, 1.807) is 7.05 Å². The van der Waals surface area contributed by atoms with Crippen LogP contribution in [-0.2, 0) is 16.6 Å². The summed E-state index contributed by atoms with van der Waals surface area (Å²) in [5, 5.41) is 9.47. The summed E-state index contributed by atoms with van der Waals surface area (Å²) in [6.07, 6.45) is 3.03. The molecule has 1 saturated carbocycles. The minimum absolute atomic E-state index is 0.184. The molecule has 0 saturated heterocycles. The molecule has 0 atom stereocenters. The molecule has 5 heteroatoms. The minimum atomic E-state index is 0.184. The Balaban J connectivity index is 1.64. The lowest BCUT2D eigenvalue weighted by Crippen LogP contribution is -2.42. The van der Waals surface area contributed by atoms with Crippen molar-refractivity contribution in [1.29, 1.82) is 0 Å². The molecule has 5 nitrogen and oxygen atoms in total. The third-order valence-corrected chi connectivity index (χ3v) is 4.41. The monoisotopic (exact) mass is 344 g/mol. The van der Waals surface area contributed by atoms with Crippen molar-refractivity contribution in [3.8, 4) is 0 Å². The van der Waals surface area contributed by atoms with Crippen LogP contribution in [0.2, 0.25) is 0 Å². The van der Waals surface area contributed by atoms with Gasteiger partial charge in [-0.25, -0.2) is 0 Å². The van der Waals surface area contributed by atoms with E-state index < -0.39 is 0 Å². The van der Waals surface area contributed by atoms with Gasteiger partial charge in [-0.15, -0.1) is 0 Å². The molecule has 1 aliphatic carbocycles. The van der Waals surface area contributed by atoms with Crippen LogP contribution in [0.3, 0.4) is 0 Å². The first-order chi connectivity index (χ1) is 11.9. The van der Waals surface area contributed by atoms with Crippen LogP contribution >= 0.6 is 0 Å². The fourth-order valence-electron chi connectivity index (χ4n) is 2.57. The van der Waals surface area contributed by atoms with Crippen LogP contribution in [0.15, 0.2) is 29.3 Å². The van der Waals surface area contributed by atoms with Crippen LogP contribution in [0.4, 0.5) is 0 Å². The predicted molar refractivity (Wildman–Crippen MR) is 104 cm³/mol. The number of carbonyl (C=O) groups excluding carboxylic acids is 1. The maximum atomic E-state index is 11.5. The van der Waals surface area contributed by atoms with E-state index in [0.29, 0.717) is 13.1 Å². The molecule has 2 rings (SSSR count). The maximum absolute atomic E-state index is 11.5.